The molecule has 0 spiro atoms. The first kappa shape index (κ1) is 13.1. The molecule has 1 aromatic carbocycles. The van der Waals surface area contributed by atoms with Crippen molar-refractivity contribution in [2.45, 2.75) is 0 Å². The molecule has 0 atom stereocenters. The third kappa shape index (κ3) is 3.24. The maximum Gasteiger partial charge on any atom is 0.380 e. The summed E-state index contributed by atoms with van der Waals surface area (Å²) in [6, 6.07) is 5.67. The van der Waals surface area contributed by atoms with Crippen LogP contribution in [0.5, 0.6) is 5.75 Å². The molecule has 0 heterocycles. The summed E-state index contributed by atoms with van der Waals surface area (Å²) in [4.78, 5) is 10.0. The zero-order valence-electron chi connectivity index (χ0n) is 8.65. The van der Waals surface area contributed by atoms with Gasteiger partial charge in [0.2, 0.25) is 0 Å². The summed E-state index contributed by atoms with van der Waals surface area (Å²) in [5, 5.41) is 10.5. The number of benzene rings is 1. The molecule has 16 heavy (non-hydrogen) atoms. The molecule has 0 saturated carbocycles. The van der Waals surface area contributed by atoms with Crippen LogP contribution in [0.1, 0.15) is 0 Å². The lowest BCUT2D eigenvalue weighted by Crippen LogP contribution is -1.97. The van der Waals surface area contributed by atoms with Gasteiger partial charge in [-0.15, -0.1) is 0 Å². The molecule has 6 nitrogen and oxygen atoms in total. The van der Waals surface area contributed by atoms with Gasteiger partial charge in [-0.3, -0.25) is 10.1 Å². The van der Waals surface area contributed by atoms with Crippen LogP contribution in [0.15, 0.2) is 24.3 Å². The molecule has 1 aromatic rings. The van der Waals surface area contributed by atoms with E-state index in [9.17, 15) is 10.1 Å². The number of rotatable bonds is 5. The zero-order valence-corrected chi connectivity index (χ0v) is 10.4. The van der Waals surface area contributed by atoms with Gasteiger partial charge in [0.15, 0.2) is 0 Å². The van der Waals surface area contributed by atoms with Gasteiger partial charge in [0.1, 0.15) is 5.75 Å². The Hall–Kier alpha value is -1.01. The van der Waals surface area contributed by atoms with Crippen molar-refractivity contribution in [1.29, 1.82) is 0 Å². The lowest BCUT2D eigenvalue weighted by atomic mass is 10.3. The number of nitro groups is 1. The molecule has 0 amide bonds. The van der Waals surface area contributed by atoms with Crippen LogP contribution in [0.25, 0.3) is 0 Å². The van der Waals surface area contributed by atoms with Crippen LogP contribution in [0, 0.1) is 10.1 Å². The Morgan fingerprint density at radius 1 is 1.38 bits per heavy atom. The minimum absolute atomic E-state index is 0.0775. The number of hydrogen-bond donors (Lipinski definition) is 0. The molecule has 0 aliphatic rings. The van der Waals surface area contributed by atoms with E-state index in [1.807, 2.05) is 0 Å². The van der Waals surface area contributed by atoms with Gasteiger partial charge in [-0.25, -0.2) is 0 Å². The summed E-state index contributed by atoms with van der Waals surface area (Å²) in [5.74, 6) is 0.251. The lowest BCUT2D eigenvalue weighted by Gasteiger charge is -2.17. The van der Waals surface area contributed by atoms with Gasteiger partial charge in [0.25, 0.3) is 5.69 Å². The van der Waals surface area contributed by atoms with E-state index in [4.69, 9.17) is 25.4 Å². The van der Waals surface area contributed by atoms with Crippen LogP contribution in [0.2, 0.25) is 0 Å². The highest BCUT2D eigenvalue weighted by Crippen LogP contribution is 2.48. The molecule has 0 N–H and O–H groups in total. The van der Waals surface area contributed by atoms with Crippen molar-refractivity contribution in [3.8, 4) is 5.75 Å². The minimum atomic E-state index is -2.84. The summed E-state index contributed by atoms with van der Waals surface area (Å²) >= 11 is 4.97. The van der Waals surface area contributed by atoms with Crippen LogP contribution in [-0.4, -0.2) is 19.1 Å². The summed E-state index contributed by atoms with van der Waals surface area (Å²) < 4.78 is 15.1. The molecule has 0 saturated heterocycles. The summed E-state index contributed by atoms with van der Waals surface area (Å²) in [5.41, 5.74) is -0.0775. The van der Waals surface area contributed by atoms with E-state index in [-0.39, 0.29) is 11.4 Å². The quantitative estimate of drug-likeness (QED) is 0.461. The third-order valence-electron chi connectivity index (χ3n) is 1.69. The van der Waals surface area contributed by atoms with Gasteiger partial charge in [-0.2, -0.15) is 0 Å². The van der Waals surface area contributed by atoms with Crippen molar-refractivity contribution < 1.29 is 18.5 Å². The molecule has 0 aliphatic carbocycles. The predicted molar refractivity (Wildman–Crippen MR) is 62.0 cm³/mol. The van der Waals surface area contributed by atoms with Gasteiger partial charge in [-0.1, -0.05) is 6.07 Å². The first-order valence-electron chi connectivity index (χ1n) is 4.16. The van der Waals surface area contributed by atoms with Crippen LogP contribution in [0.4, 0.5) is 5.69 Å². The monoisotopic (exact) mass is 263 g/mol. The third-order valence-corrected chi connectivity index (χ3v) is 4.14. The van der Waals surface area contributed by atoms with Crippen molar-refractivity contribution in [2.24, 2.45) is 0 Å². The van der Waals surface area contributed by atoms with E-state index in [2.05, 4.69) is 0 Å². The van der Waals surface area contributed by atoms with Crippen molar-refractivity contribution >= 4 is 24.2 Å². The standard InChI is InChI=1S/C8H10NO5PS/c1-12-15(16,13-2)14-8-5-3-4-7(6-8)9(10)11/h3-6H,1-2H3. The fourth-order valence-electron chi connectivity index (χ4n) is 0.932. The smallest absolute Gasteiger partial charge is 0.380 e. The van der Waals surface area contributed by atoms with E-state index >= 15 is 0 Å². The van der Waals surface area contributed by atoms with Gasteiger partial charge >= 0.3 is 6.72 Å². The highest BCUT2D eigenvalue weighted by molar-refractivity contribution is 8.07. The van der Waals surface area contributed by atoms with Crippen molar-refractivity contribution in [3.63, 3.8) is 0 Å². The fraction of sp³-hybridized carbons (Fsp3) is 0.250. The molecule has 8 heteroatoms. The highest BCUT2D eigenvalue weighted by atomic mass is 32.5. The SMILES string of the molecule is COP(=S)(OC)Oc1cccc([N+](=O)[O-])c1. The Bertz CT molecular complexity index is 430. The second-order valence-corrected chi connectivity index (χ2v) is 5.81. The first-order chi connectivity index (χ1) is 7.50. The molecule has 0 bridgehead atoms. The number of non-ortho nitro benzene ring substituents is 1. The average Bonchev–Trinajstić information content (AvgIpc) is 2.29. The van der Waals surface area contributed by atoms with Gasteiger partial charge in [-0.05, 0) is 6.07 Å². The summed E-state index contributed by atoms with van der Waals surface area (Å²) in [6.45, 7) is -2.84. The molecule has 1 rings (SSSR count). The Labute approximate surface area is 97.5 Å². The zero-order chi connectivity index (χ0) is 12.2. The Morgan fingerprint density at radius 2 is 2.00 bits per heavy atom. The molecule has 0 fully saturated rings. The number of hydrogen-bond acceptors (Lipinski definition) is 6. The normalized spacial score (nSPS) is 11.1. The summed E-state index contributed by atoms with van der Waals surface area (Å²) in [6.07, 6.45) is 0. The van der Waals surface area contributed by atoms with E-state index < -0.39 is 11.6 Å². The highest BCUT2D eigenvalue weighted by Gasteiger charge is 2.19. The second-order valence-electron chi connectivity index (χ2n) is 2.66. The van der Waals surface area contributed by atoms with Crippen molar-refractivity contribution in [2.75, 3.05) is 14.2 Å². The van der Waals surface area contributed by atoms with Crippen LogP contribution in [-0.2, 0) is 20.9 Å². The minimum Gasteiger partial charge on any atom is -0.424 e. The molecule has 0 aliphatic heterocycles. The largest absolute Gasteiger partial charge is 0.424 e. The van der Waals surface area contributed by atoms with Crippen molar-refractivity contribution in [3.05, 3.63) is 34.4 Å². The predicted octanol–water partition coefficient (Wildman–Crippen LogP) is 2.49. The first-order valence-corrected chi connectivity index (χ1v) is 6.72. The maximum atomic E-state index is 10.5. The molecular weight excluding hydrogens is 253 g/mol. The molecule has 0 unspecified atom stereocenters. The van der Waals surface area contributed by atoms with E-state index in [1.54, 1.807) is 6.07 Å². The number of nitro benzene ring substituents is 1. The van der Waals surface area contributed by atoms with Gasteiger partial charge in [0, 0.05) is 32.1 Å². The molecular formula is C8H10NO5PS. The maximum absolute atomic E-state index is 10.5. The second kappa shape index (κ2) is 5.36. The van der Waals surface area contributed by atoms with Crippen molar-refractivity contribution in [1.82, 2.24) is 0 Å². The van der Waals surface area contributed by atoms with Crippen LogP contribution in [0.3, 0.4) is 0 Å². The van der Waals surface area contributed by atoms with E-state index in [0.717, 1.165) is 0 Å². The van der Waals surface area contributed by atoms with Crippen LogP contribution >= 0.6 is 6.72 Å². The summed E-state index contributed by atoms with van der Waals surface area (Å²) in [7, 11) is 2.73. The Balaban J connectivity index is 2.93. The lowest BCUT2D eigenvalue weighted by molar-refractivity contribution is -0.384. The fourth-order valence-corrected chi connectivity index (χ4v) is 1.86. The molecule has 0 aromatic heterocycles. The van der Waals surface area contributed by atoms with Crippen LogP contribution < -0.4 is 4.52 Å². The average molecular weight is 263 g/mol. The topological polar surface area (TPSA) is 70.8 Å². The van der Waals surface area contributed by atoms with E-state index in [0.29, 0.717) is 0 Å². The molecule has 0 radical (unpaired) electrons. The van der Waals surface area contributed by atoms with E-state index in [1.165, 1.54) is 32.4 Å². The molecule has 88 valence electrons. The van der Waals surface area contributed by atoms with Gasteiger partial charge in [0.05, 0.1) is 11.0 Å². The Kier molecular flexibility index (Phi) is 4.37. The van der Waals surface area contributed by atoms with Gasteiger partial charge < -0.3 is 13.6 Å². The number of nitrogens with zero attached hydrogens (tertiary/aromatic N) is 1. The Morgan fingerprint density at radius 3 is 2.50 bits per heavy atom.